The standard InChI is InChI=1S/C21H29FN4O.HI/c1-5-23-21(24-13-16-6-9-19(27-4)10-7-16)25-14-17-8-11-20(22)18(12-17)15-26(2)3;/h6-12H,5,13-15H2,1-4H3,(H2,23,24,25);1H. The normalized spacial score (nSPS) is 11.1. The predicted molar refractivity (Wildman–Crippen MR) is 124 cm³/mol. The van der Waals surface area contributed by atoms with Crippen molar-refractivity contribution in [3.05, 3.63) is 65.0 Å². The summed E-state index contributed by atoms with van der Waals surface area (Å²) >= 11 is 0. The van der Waals surface area contributed by atoms with Crippen LogP contribution in [0.4, 0.5) is 4.39 Å². The fraction of sp³-hybridized carbons (Fsp3) is 0.381. The molecule has 0 spiro atoms. The van der Waals surface area contributed by atoms with Gasteiger partial charge in [-0.2, -0.15) is 0 Å². The molecule has 2 aromatic rings. The van der Waals surface area contributed by atoms with Gasteiger partial charge in [0.15, 0.2) is 5.96 Å². The number of methoxy groups -OCH3 is 1. The van der Waals surface area contributed by atoms with Crippen LogP contribution in [0.3, 0.4) is 0 Å². The zero-order valence-corrected chi connectivity index (χ0v) is 19.3. The average molecular weight is 500 g/mol. The van der Waals surface area contributed by atoms with E-state index in [1.54, 1.807) is 13.2 Å². The van der Waals surface area contributed by atoms with Crippen molar-refractivity contribution in [2.24, 2.45) is 4.99 Å². The molecule has 0 radical (unpaired) electrons. The Morgan fingerprint density at radius 2 is 1.75 bits per heavy atom. The summed E-state index contributed by atoms with van der Waals surface area (Å²) < 4.78 is 19.1. The highest BCUT2D eigenvalue weighted by atomic mass is 127. The Bertz CT molecular complexity index is 751. The topological polar surface area (TPSA) is 48.9 Å². The summed E-state index contributed by atoms with van der Waals surface area (Å²) in [4.78, 5) is 6.57. The maximum Gasteiger partial charge on any atom is 0.191 e. The van der Waals surface area contributed by atoms with E-state index in [1.165, 1.54) is 6.07 Å². The Morgan fingerprint density at radius 1 is 1.07 bits per heavy atom. The zero-order valence-electron chi connectivity index (χ0n) is 17.0. The molecule has 2 N–H and O–H groups in total. The van der Waals surface area contributed by atoms with Crippen molar-refractivity contribution in [2.75, 3.05) is 27.7 Å². The molecule has 2 aromatic carbocycles. The number of rotatable bonds is 8. The molecule has 0 atom stereocenters. The quantitative estimate of drug-likeness (QED) is 0.329. The van der Waals surface area contributed by atoms with Crippen LogP contribution >= 0.6 is 24.0 Å². The van der Waals surface area contributed by atoms with E-state index >= 15 is 0 Å². The van der Waals surface area contributed by atoms with Crippen molar-refractivity contribution in [3.63, 3.8) is 0 Å². The monoisotopic (exact) mass is 500 g/mol. The number of ether oxygens (including phenoxy) is 1. The molecule has 0 aliphatic heterocycles. The van der Waals surface area contributed by atoms with Gasteiger partial charge in [0.25, 0.3) is 0 Å². The number of hydrogen-bond donors (Lipinski definition) is 2. The molecule has 0 saturated heterocycles. The summed E-state index contributed by atoms with van der Waals surface area (Å²) in [6, 6.07) is 13.1. The van der Waals surface area contributed by atoms with Gasteiger partial charge in [0.1, 0.15) is 11.6 Å². The van der Waals surface area contributed by atoms with Crippen LogP contribution in [0.15, 0.2) is 47.5 Å². The lowest BCUT2D eigenvalue weighted by atomic mass is 10.1. The molecule has 154 valence electrons. The van der Waals surface area contributed by atoms with Crippen molar-refractivity contribution in [3.8, 4) is 5.75 Å². The summed E-state index contributed by atoms with van der Waals surface area (Å²) in [7, 11) is 5.51. The van der Waals surface area contributed by atoms with Crippen LogP contribution in [-0.2, 0) is 19.6 Å². The summed E-state index contributed by atoms with van der Waals surface area (Å²) in [5.41, 5.74) is 2.80. The van der Waals surface area contributed by atoms with Gasteiger partial charge in [-0.15, -0.1) is 24.0 Å². The van der Waals surface area contributed by atoms with Crippen molar-refractivity contribution in [1.29, 1.82) is 0 Å². The molecule has 0 aromatic heterocycles. The first-order valence-electron chi connectivity index (χ1n) is 9.09. The second-order valence-corrected chi connectivity index (χ2v) is 6.56. The van der Waals surface area contributed by atoms with Gasteiger partial charge in [-0.25, -0.2) is 9.38 Å². The van der Waals surface area contributed by atoms with E-state index in [1.807, 2.05) is 56.3 Å². The number of nitrogens with zero attached hydrogens (tertiary/aromatic N) is 2. The summed E-state index contributed by atoms with van der Waals surface area (Å²) in [6.07, 6.45) is 0. The molecule has 0 aliphatic carbocycles. The first-order valence-corrected chi connectivity index (χ1v) is 9.09. The first kappa shape index (κ1) is 24.2. The third-order valence-corrected chi connectivity index (χ3v) is 3.98. The Morgan fingerprint density at radius 3 is 2.36 bits per heavy atom. The molecular weight excluding hydrogens is 470 g/mol. The van der Waals surface area contributed by atoms with Crippen LogP contribution in [0.5, 0.6) is 5.75 Å². The minimum atomic E-state index is -0.180. The van der Waals surface area contributed by atoms with Crippen LogP contribution in [-0.4, -0.2) is 38.6 Å². The summed E-state index contributed by atoms with van der Waals surface area (Å²) in [6.45, 7) is 4.50. The fourth-order valence-corrected chi connectivity index (χ4v) is 2.63. The van der Waals surface area contributed by atoms with Crippen LogP contribution < -0.4 is 15.4 Å². The van der Waals surface area contributed by atoms with Crippen LogP contribution in [0.2, 0.25) is 0 Å². The fourth-order valence-electron chi connectivity index (χ4n) is 2.63. The lowest BCUT2D eigenvalue weighted by molar-refractivity contribution is 0.392. The Kier molecular flexibility index (Phi) is 10.8. The number of aliphatic imine (C=N–C) groups is 1. The van der Waals surface area contributed by atoms with Gasteiger partial charge in [0.2, 0.25) is 0 Å². The molecule has 28 heavy (non-hydrogen) atoms. The number of hydrogen-bond acceptors (Lipinski definition) is 3. The van der Waals surface area contributed by atoms with E-state index in [2.05, 4.69) is 15.6 Å². The lowest BCUT2D eigenvalue weighted by Gasteiger charge is -2.13. The minimum Gasteiger partial charge on any atom is -0.497 e. The molecule has 2 rings (SSSR count). The van der Waals surface area contributed by atoms with E-state index in [0.29, 0.717) is 25.2 Å². The van der Waals surface area contributed by atoms with Crippen molar-refractivity contribution < 1.29 is 9.13 Å². The molecule has 0 bridgehead atoms. The van der Waals surface area contributed by atoms with Crippen LogP contribution in [0.1, 0.15) is 23.6 Å². The third-order valence-electron chi connectivity index (χ3n) is 3.98. The molecule has 0 unspecified atom stereocenters. The molecule has 7 heteroatoms. The van der Waals surface area contributed by atoms with Gasteiger partial charge in [-0.05, 0) is 56.4 Å². The van der Waals surface area contributed by atoms with Crippen molar-refractivity contribution in [2.45, 2.75) is 26.6 Å². The lowest BCUT2D eigenvalue weighted by Crippen LogP contribution is -2.36. The van der Waals surface area contributed by atoms with Gasteiger partial charge >= 0.3 is 0 Å². The molecule has 0 saturated carbocycles. The Balaban J connectivity index is 0.00000392. The Hall–Kier alpha value is -1.87. The van der Waals surface area contributed by atoms with Gasteiger partial charge in [-0.1, -0.05) is 18.2 Å². The van der Waals surface area contributed by atoms with E-state index in [-0.39, 0.29) is 29.8 Å². The highest BCUT2D eigenvalue weighted by molar-refractivity contribution is 14.0. The zero-order chi connectivity index (χ0) is 19.6. The number of nitrogens with one attached hydrogen (secondary N) is 2. The Labute approximate surface area is 184 Å². The molecule has 0 fully saturated rings. The largest absolute Gasteiger partial charge is 0.497 e. The SMILES string of the molecule is CCNC(=NCc1ccc(F)c(CN(C)C)c1)NCc1ccc(OC)cc1.I. The van der Waals surface area contributed by atoms with E-state index in [9.17, 15) is 4.39 Å². The third kappa shape index (κ3) is 8.02. The highest BCUT2D eigenvalue weighted by Gasteiger charge is 2.05. The van der Waals surface area contributed by atoms with Gasteiger partial charge in [-0.3, -0.25) is 0 Å². The predicted octanol–water partition coefficient (Wildman–Crippen LogP) is 3.77. The molecular formula is C21H30FIN4O. The van der Waals surface area contributed by atoms with E-state index in [0.717, 1.165) is 29.4 Å². The summed E-state index contributed by atoms with van der Waals surface area (Å²) in [5.74, 6) is 1.39. The van der Waals surface area contributed by atoms with Crippen LogP contribution in [0, 0.1) is 5.82 Å². The second kappa shape index (κ2) is 12.6. The van der Waals surface area contributed by atoms with Gasteiger partial charge in [0, 0.05) is 25.2 Å². The maximum atomic E-state index is 13.9. The van der Waals surface area contributed by atoms with Crippen molar-refractivity contribution in [1.82, 2.24) is 15.5 Å². The minimum absolute atomic E-state index is 0. The molecule has 0 aliphatic rings. The smallest absolute Gasteiger partial charge is 0.191 e. The molecule has 0 heterocycles. The maximum absolute atomic E-state index is 13.9. The second-order valence-electron chi connectivity index (χ2n) is 6.56. The highest BCUT2D eigenvalue weighted by Crippen LogP contribution is 2.13. The van der Waals surface area contributed by atoms with Crippen LogP contribution in [0.25, 0.3) is 0 Å². The number of benzene rings is 2. The average Bonchev–Trinajstić information content (AvgIpc) is 2.66. The molecule has 0 amide bonds. The number of halogens is 2. The van der Waals surface area contributed by atoms with Gasteiger partial charge < -0.3 is 20.3 Å². The molecule has 5 nitrogen and oxygen atoms in total. The first-order chi connectivity index (χ1) is 13.0. The van der Waals surface area contributed by atoms with E-state index < -0.39 is 0 Å². The number of guanidine groups is 1. The van der Waals surface area contributed by atoms with Gasteiger partial charge in [0.05, 0.1) is 13.7 Å². The summed E-state index contributed by atoms with van der Waals surface area (Å²) in [5, 5.41) is 6.55. The van der Waals surface area contributed by atoms with Crippen molar-refractivity contribution >= 4 is 29.9 Å². The van der Waals surface area contributed by atoms with E-state index in [4.69, 9.17) is 4.74 Å².